The largest absolute Gasteiger partial charge is 0.454 e. The van der Waals surface area contributed by atoms with Gasteiger partial charge in [-0.1, -0.05) is 134 Å². The van der Waals surface area contributed by atoms with Crippen molar-refractivity contribution in [1.29, 1.82) is 0 Å². The van der Waals surface area contributed by atoms with Gasteiger partial charge in [-0.05, 0) is 64.2 Å². The molecule has 6 aromatic carbocycles. The summed E-state index contributed by atoms with van der Waals surface area (Å²) in [5.41, 5.74) is 9.47. The average molecular weight is 632 g/mol. The molecular formula is C45H33N3O. The maximum absolute atomic E-state index is 6.10. The van der Waals surface area contributed by atoms with Crippen molar-refractivity contribution in [3.8, 4) is 22.6 Å². The molecule has 2 unspecified atom stereocenters. The molecule has 0 saturated carbocycles. The van der Waals surface area contributed by atoms with E-state index in [0.717, 1.165) is 68.0 Å². The number of aliphatic imine (C=N–C) groups is 2. The molecule has 3 heterocycles. The molecule has 0 amide bonds. The normalized spacial score (nSPS) is 16.2. The number of fused-ring (bicyclic) bond motifs is 3. The van der Waals surface area contributed by atoms with Crippen LogP contribution in [0.3, 0.4) is 0 Å². The minimum atomic E-state index is -0.0233. The summed E-state index contributed by atoms with van der Waals surface area (Å²) < 4.78 is 6.10. The molecule has 49 heavy (non-hydrogen) atoms. The molecule has 0 spiro atoms. The zero-order chi connectivity index (χ0) is 32.7. The molecule has 0 bridgehead atoms. The van der Waals surface area contributed by atoms with Crippen LogP contribution in [0, 0.1) is 5.92 Å². The van der Waals surface area contributed by atoms with E-state index in [1.54, 1.807) is 0 Å². The van der Waals surface area contributed by atoms with Crippen LogP contribution in [0.15, 0.2) is 172 Å². The van der Waals surface area contributed by atoms with Gasteiger partial charge in [0.25, 0.3) is 0 Å². The van der Waals surface area contributed by atoms with Crippen LogP contribution in [0.5, 0.6) is 0 Å². The smallest absolute Gasteiger partial charge is 0.155 e. The lowest BCUT2D eigenvalue weighted by molar-refractivity contribution is 0.533. The quantitative estimate of drug-likeness (QED) is 0.183. The summed E-state index contributed by atoms with van der Waals surface area (Å²) in [5, 5.41) is 4.55. The van der Waals surface area contributed by atoms with Gasteiger partial charge < -0.3 is 4.42 Å². The second kappa shape index (κ2) is 12.1. The topological polar surface area (TPSA) is 50.8 Å². The fourth-order valence-corrected chi connectivity index (χ4v) is 7.27. The maximum atomic E-state index is 6.10. The fourth-order valence-electron chi connectivity index (χ4n) is 7.27. The number of hydrogen-bond acceptors (Lipinski definition) is 4. The minimum absolute atomic E-state index is 0.0233. The summed E-state index contributed by atoms with van der Waals surface area (Å²) in [7, 11) is 0. The van der Waals surface area contributed by atoms with E-state index < -0.39 is 0 Å². The van der Waals surface area contributed by atoms with E-state index >= 15 is 0 Å². The zero-order valence-corrected chi connectivity index (χ0v) is 27.1. The van der Waals surface area contributed by atoms with Crippen LogP contribution >= 0.6 is 0 Å². The van der Waals surface area contributed by atoms with Crippen LogP contribution in [0.4, 0.5) is 0 Å². The van der Waals surface area contributed by atoms with Crippen molar-refractivity contribution in [1.82, 2.24) is 4.98 Å². The molecule has 0 saturated heterocycles. The van der Waals surface area contributed by atoms with Gasteiger partial charge in [0.15, 0.2) is 11.6 Å². The van der Waals surface area contributed by atoms with Gasteiger partial charge in [0.05, 0.1) is 17.3 Å². The van der Waals surface area contributed by atoms with Gasteiger partial charge in [-0.3, -0.25) is 4.99 Å². The summed E-state index contributed by atoms with van der Waals surface area (Å²) in [4.78, 5) is 15.6. The van der Waals surface area contributed by atoms with E-state index in [2.05, 4.69) is 134 Å². The number of hydrogen-bond donors (Lipinski definition) is 0. The predicted molar refractivity (Wildman–Crippen MR) is 202 cm³/mol. The standard InChI is InChI=1S/C45H33N3O/c1-2-34-43(29-13-5-3-6-14-29)47-45(30-15-7-4-8-16-30)48-44(34)38-24-23-35(36-18-10-11-19-37(36)38)31-21-25-39-32(27-31)22-26-40(46-39)42-28-33-17-9-12-20-41(33)49-42/h3-28,34,43H,2H2,1H3. The number of para-hydroxylation sites is 1. The van der Waals surface area contributed by atoms with Crippen molar-refractivity contribution >= 4 is 44.2 Å². The van der Waals surface area contributed by atoms with Gasteiger partial charge in [-0.15, -0.1) is 0 Å². The predicted octanol–water partition coefficient (Wildman–Crippen LogP) is 11.5. The van der Waals surface area contributed by atoms with Crippen LogP contribution in [-0.2, 0) is 0 Å². The van der Waals surface area contributed by atoms with Crippen LogP contribution in [0.2, 0.25) is 0 Å². The highest BCUT2D eigenvalue weighted by Crippen LogP contribution is 2.40. The summed E-state index contributed by atoms with van der Waals surface area (Å²) in [5.74, 6) is 1.70. The molecule has 2 aromatic heterocycles. The van der Waals surface area contributed by atoms with E-state index in [1.165, 1.54) is 21.9 Å². The van der Waals surface area contributed by atoms with E-state index in [0.29, 0.717) is 0 Å². The van der Waals surface area contributed by atoms with E-state index in [1.807, 2.05) is 30.3 Å². The van der Waals surface area contributed by atoms with Crippen LogP contribution in [0.25, 0.3) is 55.2 Å². The molecule has 0 aliphatic carbocycles. The monoisotopic (exact) mass is 631 g/mol. The summed E-state index contributed by atoms with van der Waals surface area (Å²) >= 11 is 0. The molecule has 0 fully saturated rings. The van der Waals surface area contributed by atoms with Crippen molar-refractivity contribution in [3.63, 3.8) is 0 Å². The van der Waals surface area contributed by atoms with E-state index in [9.17, 15) is 0 Å². The Bertz CT molecular complexity index is 2510. The average Bonchev–Trinajstić information content (AvgIpc) is 3.62. The van der Waals surface area contributed by atoms with E-state index in [4.69, 9.17) is 19.4 Å². The number of benzene rings is 6. The van der Waals surface area contributed by atoms with Crippen LogP contribution < -0.4 is 0 Å². The zero-order valence-electron chi connectivity index (χ0n) is 27.1. The molecule has 4 heteroatoms. The van der Waals surface area contributed by atoms with Crippen molar-refractivity contribution in [2.75, 3.05) is 0 Å². The Morgan fingerprint density at radius 2 is 1.31 bits per heavy atom. The fraction of sp³-hybridized carbons (Fsp3) is 0.0889. The molecule has 8 aromatic rings. The Kier molecular flexibility index (Phi) is 7.20. The lowest BCUT2D eigenvalue weighted by Gasteiger charge is -2.30. The lowest BCUT2D eigenvalue weighted by Crippen LogP contribution is -2.28. The first-order valence-corrected chi connectivity index (χ1v) is 16.9. The molecule has 234 valence electrons. The van der Waals surface area contributed by atoms with Gasteiger partial charge in [-0.2, -0.15) is 0 Å². The highest BCUT2D eigenvalue weighted by atomic mass is 16.3. The molecule has 4 nitrogen and oxygen atoms in total. The first kappa shape index (κ1) is 29.0. The molecule has 0 N–H and O–H groups in total. The van der Waals surface area contributed by atoms with Gasteiger partial charge in [0, 0.05) is 27.8 Å². The Morgan fingerprint density at radius 1 is 0.592 bits per heavy atom. The second-order valence-electron chi connectivity index (χ2n) is 12.6. The second-order valence-corrected chi connectivity index (χ2v) is 12.6. The van der Waals surface area contributed by atoms with Crippen LogP contribution in [0.1, 0.15) is 36.1 Å². The summed E-state index contributed by atoms with van der Waals surface area (Å²) in [6.07, 6.45) is 0.924. The first-order valence-electron chi connectivity index (χ1n) is 16.9. The Balaban J connectivity index is 1.14. The number of aromatic nitrogens is 1. The third kappa shape index (κ3) is 5.22. The number of amidine groups is 1. The Hall–Kier alpha value is -6.13. The maximum Gasteiger partial charge on any atom is 0.155 e. The van der Waals surface area contributed by atoms with Crippen molar-refractivity contribution in [2.45, 2.75) is 19.4 Å². The number of rotatable bonds is 6. The highest BCUT2D eigenvalue weighted by molar-refractivity contribution is 6.20. The minimum Gasteiger partial charge on any atom is -0.454 e. The van der Waals surface area contributed by atoms with Crippen molar-refractivity contribution in [3.05, 3.63) is 174 Å². The third-order valence-corrected chi connectivity index (χ3v) is 9.71. The number of furan rings is 1. The molecule has 2 atom stereocenters. The van der Waals surface area contributed by atoms with Gasteiger partial charge in [-0.25, -0.2) is 9.98 Å². The van der Waals surface area contributed by atoms with Crippen LogP contribution in [-0.4, -0.2) is 16.5 Å². The van der Waals surface area contributed by atoms with E-state index in [-0.39, 0.29) is 12.0 Å². The summed E-state index contributed by atoms with van der Waals surface area (Å²) in [6, 6.07) is 55.1. The molecule has 9 rings (SSSR count). The van der Waals surface area contributed by atoms with Gasteiger partial charge in [0.2, 0.25) is 0 Å². The first-order chi connectivity index (χ1) is 24.2. The van der Waals surface area contributed by atoms with Gasteiger partial charge in [0.1, 0.15) is 11.3 Å². The Morgan fingerprint density at radius 3 is 2.10 bits per heavy atom. The third-order valence-electron chi connectivity index (χ3n) is 9.71. The molecule has 1 aliphatic rings. The lowest BCUT2D eigenvalue weighted by atomic mass is 9.81. The van der Waals surface area contributed by atoms with Crippen molar-refractivity contribution < 1.29 is 4.42 Å². The SMILES string of the molecule is CCC1C(c2ccc(-c3ccc4nc(-c5cc6ccccc6o5)ccc4c3)c3ccccc23)=NC(c2ccccc2)=NC1c1ccccc1. The Labute approximate surface area is 285 Å². The number of pyridine rings is 1. The van der Waals surface area contributed by atoms with Crippen molar-refractivity contribution in [2.24, 2.45) is 15.9 Å². The van der Waals surface area contributed by atoms with Gasteiger partial charge >= 0.3 is 0 Å². The molecular weight excluding hydrogens is 599 g/mol. The summed E-state index contributed by atoms with van der Waals surface area (Å²) in [6.45, 7) is 2.25. The highest BCUT2D eigenvalue weighted by Gasteiger charge is 2.32. The molecule has 0 radical (unpaired) electrons. The number of nitrogens with zero attached hydrogens (tertiary/aromatic N) is 3. The molecule has 1 aliphatic heterocycles.